The first kappa shape index (κ1) is 14.1. The predicted molar refractivity (Wildman–Crippen MR) is 77.1 cm³/mol. The van der Waals surface area contributed by atoms with Crippen molar-refractivity contribution in [3.8, 4) is 5.88 Å². The van der Waals surface area contributed by atoms with Crippen molar-refractivity contribution in [3.05, 3.63) is 40.5 Å². The van der Waals surface area contributed by atoms with Crippen molar-refractivity contribution in [2.24, 2.45) is 0 Å². The second-order valence-corrected chi connectivity index (χ2v) is 4.42. The van der Waals surface area contributed by atoms with Gasteiger partial charge in [0.15, 0.2) is 0 Å². The first-order chi connectivity index (χ1) is 9.51. The molecular formula is C13H13ClN4O2. The molecule has 6 nitrogen and oxygen atoms in total. The smallest absolute Gasteiger partial charge is 0.258 e. The van der Waals surface area contributed by atoms with Gasteiger partial charge in [-0.1, -0.05) is 17.7 Å². The number of halogens is 1. The molecule has 1 aromatic carbocycles. The quantitative estimate of drug-likeness (QED) is 0.669. The Kier molecular flexibility index (Phi) is 4.05. The first-order valence-corrected chi connectivity index (χ1v) is 6.14. The van der Waals surface area contributed by atoms with Crippen LogP contribution in [-0.4, -0.2) is 23.0 Å². The van der Waals surface area contributed by atoms with Crippen LogP contribution in [0.5, 0.6) is 5.88 Å². The van der Waals surface area contributed by atoms with Crippen LogP contribution in [0.2, 0.25) is 5.15 Å². The number of ether oxygens (including phenoxy) is 1. The van der Waals surface area contributed by atoms with Crippen molar-refractivity contribution in [3.63, 3.8) is 0 Å². The maximum atomic E-state index is 12.2. The molecule has 0 unspecified atom stereocenters. The summed E-state index contributed by atoms with van der Waals surface area (Å²) in [5.74, 6) is -0.0232. The van der Waals surface area contributed by atoms with Crippen LogP contribution in [0.4, 0.5) is 11.6 Å². The molecule has 0 aliphatic carbocycles. The van der Waals surface area contributed by atoms with Gasteiger partial charge in [-0.05, 0) is 24.6 Å². The van der Waals surface area contributed by atoms with Gasteiger partial charge in [-0.25, -0.2) is 4.98 Å². The van der Waals surface area contributed by atoms with Gasteiger partial charge in [0.25, 0.3) is 5.91 Å². The zero-order valence-electron chi connectivity index (χ0n) is 11.0. The predicted octanol–water partition coefficient (Wildman–Crippen LogP) is 2.28. The second-order valence-electron chi connectivity index (χ2n) is 4.03. The zero-order chi connectivity index (χ0) is 14.7. The molecule has 0 spiro atoms. The van der Waals surface area contributed by atoms with E-state index in [1.807, 2.05) is 0 Å². The fourth-order valence-electron chi connectivity index (χ4n) is 1.63. The van der Waals surface area contributed by atoms with Gasteiger partial charge < -0.3 is 10.5 Å². The molecule has 104 valence electrons. The van der Waals surface area contributed by atoms with Crippen LogP contribution >= 0.6 is 11.6 Å². The number of carbonyl (C=O) groups is 1. The van der Waals surface area contributed by atoms with Gasteiger partial charge in [0.2, 0.25) is 11.8 Å². The highest BCUT2D eigenvalue weighted by atomic mass is 35.5. The molecule has 3 N–H and O–H groups in total. The van der Waals surface area contributed by atoms with Crippen molar-refractivity contribution >= 4 is 29.1 Å². The third kappa shape index (κ3) is 2.97. The molecular weight excluding hydrogens is 280 g/mol. The fraction of sp³-hybridized carbons (Fsp3) is 0.154. The largest absolute Gasteiger partial charge is 0.481 e. The van der Waals surface area contributed by atoms with E-state index in [-0.39, 0.29) is 22.9 Å². The molecule has 2 rings (SSSR count). The summed E-state index contributed by atoms with van der Waals surface area (Å²) in [4.78, 5) is 20.1. The minimum absolute atomic E-state index is 0.0705. The number of nitrogens with zero attached hydrogens (tertiary/aromatic N) is 2. The number of hydrogen-bond donors (Lipinski definition) is 2. The highest BCUT2D eigenvalue weighted by Crippen LogP contribution is 2.19. The van der Waals surface area contributed by atoms with E-state index >= 15 is 0 Å². The molecule has 7 heteroatoms. The summed E-state index contributed by atoms with van der Waals surface area (Å²) in [5, 5.41) is 2.74. The van der Waals surface area contributed by atoms with Crippen LogP contribution in [0.25, 0.3) is 0 Å². The number of rotatable bonds is 3. The zero-order valence-corrected chi connectivity index (χ0v) is 11.7. The third-order valence-corrected chi connectivity index (χ3v) is 2.92. The number of nitrogens with one attached hydrogen (secondary N) is 1. The average Bonchev–Trinajstić information content (AvgIpc) is 2.41. The van der Waals surface area contributed by atoms with E-state index < -0.39 is 0 Å². The van der Waals surface area contributed by atoms with Crippen molar-refractivity contribution in [1.82, 2.24) is 9.97 Å². The van der Waals surface area contributed by atoms with E-state index in [9.17, 15) is 4.79 Å². The summed E-state index contributed by atoms with van der Waals surface area (Å²) in [5.41, 5.74) is 7.46. The van der Waals surface area contributed by atoms with Gasteiger partial charge in [0.05, 0.1) is 7.11 Å². The molecule has 0 atom stereocenters. The van der Waals surface area contributed by atoms with Crippen molar-refractivity contribution in [2.75, 3.05) is 18.2 Å². The minimum atomic E-state index is -0.362. The maximum absolute atomic E-state index is 12.2. The van der Waals surface area contributed by atoms with E-state index in [1.54, 1.807) is 25.1 Å². The normalized spacial score (nSPS) is 10.2. The average molecular weight is 293 g/mol. The first-order valence-electron chi connectivity index (χ1n) is 5.76. The molecule has 1 heterocycles. The number of benzene rings is 1. The van der Waals surface area contributed by atoms with Crippen LogP contribution in [0.15, 0.2) is 24.3 Å². The van der Waals surface area contributed by atoms with E-state index in [2.05, 4.69) is 15.3 Å². The van der Waals surface area contributed by atoms with Crippen LogP contribution < -0.4 is 15.8 Å². The highest BCUT2D eigenvalue weighted by molar-refractivity contribution is 6.29. The van der Waals surface area contributed by atoms with E-state index in [0.717, 1.165) is 0 Å². The Balaban J connectivity index is 2.28. The molecule has 0 radical (unpaired) electrons. The molecule has 2 aromatic rings. The lowest BCUT2D eigenvalue weighted by atomic mass is 10.1. The fourth-order valence-corrected chi connectivity index (χ4v) is 1.80. The lowest BCUT2D eigenvalue weighted by Gasteiger charge is -2.09. The van der Waals surface area contributed by atoms with Crippen LogP contribution in [0, 0.1) is 6.92 Å². The van der Waals surface area contributed by atoms with Crippen LogP contribution in [0.1, 0.15) is 15.9 Å². The molecule has 0 fully saturated rings. The van der Waals surface area contributed by atoms with E-state index in [4.69, 9.17) is 22.1 Å². The SMILES string of the molecule is COc1cc(Cl)nc(NC(=O)c2cccc(N)c2C)n1. The molecule has 0 saturated heterocycles. The number of nitrogens with two attached hydrogens (primary N) is 1. The van der Waals surface area contributed by atoms with Crippen molar-refractivity contribution in [2.45, 2.75) is 6.92 Å². The van der Waals surface area contributed by atoms with Crippen LogP contribution in [0.3, 0.4) is 0 Å². The van der Waals surface area contributed by atoms with Gasteiger partial charge in [0, 0.05) is 17.3 Å². The van der Waals surface area contributed by atoms with E-state index in [1.165, 1.54) is 13.2 Å². The number of carbonyl (C=O) groups excluding carboxylic acids is 1. The summed E-state index contributed by atoms with van der Waals surface area (Å²) >= 11 is 5.81. The number of nitrogen functional groups attached to an aromatic ring is 1. The second kappa shape index (κ2) is 5.75. The summed E-state index contributed by atoms with van der Waals surface area (Å²) in [6, 6.07) is 6.55. The Morgan fingerprint density at radius 3 is 2.85 bits per heavy atom. The Morgan fingerprint density at radius 1 is 1.40 bits per heavy atom. The summed E-state index contributed by atoms with van der Waals surface area (Å²) < 4.78 is 4.96. The topological polar surface area (TPSA) is 90.1 Å². The number of amides is 1. The number of anilines is 2. The molecule has 0 bridgehead atoms. The van der Waals surface area contributed by atoms with Gasteiger partial charge in [-0.15, -0.1) is 0 Å². The standard InChI is InChI=1S/C13H13ClN4O2/c1-7-8(4-3-5-9(7)15)12(19)18-13-16-10(14)6-11(17-13)20-2/h3-6H,15H2,1-2H3,(H,16,17,18,19). The lowest BCUT2D eigenvalue weighted by molar-refractivity contribution is 0.102. The maximum Gasteiger partial charge on any atom is 0.258 e. The molecule has 20 heavy (non-hydrogen) atoms. The Bertz CT molecular complexity index is 661. The van der Waals surface area contributed by atoms with Gasteiger partial charge in [-0.3, -0.25) is 10.1 Å². The van der Waals surface area contributed by atoms with Crippen LogP contribution in [-0.2, 0) is 0 Å². The minimum Gasteiger partial charge on any atom is -0.481 e. The van der Waals surface area contributed by atoms with Gasteiger partial charge in [-0.2, -0.15) is 4.98 Å². The third-order valence-electron chi connectivity index (χ3n) is 2.73. The number of methoxy groups -OCH3 is 1. The Labute approximate surface area is 120 Å². The summed E-state index contributed by atoms with van der Waals surface area (Å²) in [7, 11) is 1.45. The number of hydrogen-bond acceptors (Lipinski definition) is 5. The number of aromatic nitrogens is 2. The van der Waals surface area contributed by atoms with Gasteiger partial charge >= 0.3 is 0 Å². The Morgan fingerprint density at radius 2 is 2.15 bits per heavy atom. The lowest BCUT2D eigenvalue weighted by Crippen LogP contribution is -2.16. The molecule has 0 aliphatic rings. The van der Waals surface area contributed by atoms with E-state index in [0.29, 0.717) is 16.8 Å². The van der Waals surface area contributed by atoms with Crippen molar-refractivity contribution in [1.29, 1.82) is 0 Å². The van der Waals surface area contributed by atoms with Crippen molar-refractivity contribution < 1.29 is 9.53 Å². The summed E-state index contributed by atoms with van der Waals surface area (Å²) in [6.07, 6.45) is 0. The molecule has 1 amide bonds. The summed E-state index contributed by atoms with van der Waals surface area (Å²) in [6.45, 7) is 1.77. The molecule has 0 saturated carbocycles. The highest BCUT2D eigenvalue weighted by Gasteiger charge is 2.13. The molecule has 0 aliphatic heterocycles. The monoisotopic (exact) mass is 292 g/mol. The Hall–Kier alpha value is -2.34. The van der Waals surface area contributed by atoms with Gasteiger partial charge in [0.1, 0.15) is 5.15 Å². The molecule has 1 aromatic heterocycles.